The lowest BCUT2D eigenvalue weighted by Gasteiger charge is -2.40. The van der Waals surface area contributed by atoms with E-state index in [0.29, 0.717) is 11.3 Å². The highest BCUT2D eigenvalue weighted by atomic mass is 16.3. The minimum Gasteiger partial charge on any atom is -0.378 e. The van der Waals surface area contributed by atoms with Crippen LogP contribution in [0.4, 0.5) is 0 Å². The third-order valence-corrected chi connectivity index (χ3v) is 4.63. The molecule has 2 atom stereocenters. The molecule has 2 unspecified atom stereocenters. The molecule has 3 nitrogen and oxygen atoms in total. The minimum atomic E-state index is -0.244. The van der Waals surface area contributed by atoms with Crippen molar-refractivity contribution >= 4 is 0 Å². The molecule has 2 aliphatic rings. The Hall–Kier alpha value is -0.120. The smallest absolute Gasteiger partial charge is 0.109 e. The molecule has 0 radical (unpaired) electrons. The van der Waals surface area contributed by atoms with Gasteiger partial charge >= 0.3 is 0 Å². The van der Waals surface area contributed by atoms with Crippen LogP contribution in [0.5, 0.6) is 0 Å². The molecule has 0 bridgehead atoms. The van der Waals surface area contributed by atoms with Gasteiger partial charge in [-0.05, 0) is 43.7 Å². The lowest BCUT2D eigenvalue weighted by atomic mass is 9.79. The summed E-state index contributed by atoms with van der Waals surface area (Å²) < 4.78 is 0. The maximum atomic E-state index is 10.2. The van der Waals surface area contributed by atoms with Crippen LogP contribution in [0.2, 0.25) is 0 Å². The van der Waals surface area contributed by atoms with Gasteiger partial charge in [0.15, 0.2) is 0 Å². The predicted molar refractivity (Wildman–Crippen MR) is 70.8 cm³/mol. The highest BCUT2D eigenvalue weighted by molar-refractivity contribution is 4.95. The van der Waals surface area contributed by atoms with Crippen LogP contribution >= 0.6 is 0 Å². The van der Waals surface area contributed by atoms with Gasteiger partial charge in [-0.25, -0.2) is 0 Å². The van der Waals surface area contributed by atoms with Crippen molar-refractivity contribution in [1.29, 1.82) is 0 Å². The molecule has 0 aliphatic carbocycles. The van der Waals surface area contributed by atoms with Gasteiger partial charge in [-0.1, -0.05) is 20.8 Å². The quantitative estimate of drug-likeness (QED) is 0.814. The first-order chi connectivity index (χ1) is 8.06. The van der Waals surface area contributed by atoms with Crippen molar-refractivity contribution < 1.29 is 5.11 Å². The molecule has 0 aromatic carbocycles. The highest BCUT2D eigenvalue weighted by Gasteiger charge is 2.42. The first-order valence-electron chi connectivity index (χ1n) is 7.21. The summed E-state index contributed by atoms with van der Waals surface area (Å²) in [7, 11) is 0. The van der Waals surface area contributed by atoms with Crippen LogP contribution in [0.1, 0.15) is 40.0 Å². The van der Waals surface area contributed by atoms with Crippen LogP contribution in [-0.4, -0.2) is 53.9 Å². The maximum absolute atomic E-state index is 10.2. The lowest BCUT2D eigenvalue weighted by Crippen LogP contribution is -2.46. The van der Waals surface area contributed by atoms with E-state index in [0.717, 1.165) is 13.1 Å². The van der Waals surface area contributed by atoms with Crippen LogP contribution in [0.3, 0.4) is 0 Å². The normalized spacial score (nSPS) is 33.7. The standard InChI is InChI=1S/C14H28N2O/c1-4-15-8-5-6-14(10-15)7-9-16(11-14)13(17)12(2)3/h12-13,17H,4-11H2,1-3H3. The largest absolute Gasteiger partial charge is 0.378 e. The molecule has 17 heavy (non-hydrogen) atoms. The molecule has 3 heteroatoms. The summed E-state index contributed by atoms with van der Waals surface area (Å²) in [5, 5.41) is 10.2. The van der Waals surface area contributed by atoms with Crippen LogP contribution in [0.15, 0.2) is 0 Å². The predicted octanol–water partition coefficient (Wildman–Crippen LogP) is 1.77. The van der Waals surface area contributed by atoms with Crippen LogP contribution in [-0.2, 0) is 0 Å². The summed E-state index contributed by atoms with van der Waals surface area (Å²) in [6.45, 7) is 12.3. The SMILES string of the molecule is CCN1CCCC2(CCN(C(O)C(C)C)C2)C1. The number of piperidine rings is 1. The number of rotatable bonds is 3. The second-order valence-electron chi connectivity index (χ2n) is 6.35. The monoisotopic (exact) mass is 240 g/mol. The van der Waals surface area contributed by atoms with E-state index < -0.39 is 0 Å². The molecule has 100 valence electrons. The second-order valence-corrected chi connectivity index (χ2v) is 6.35. The number of likely N-dealkylation sites (tertiary alicyclic amines) is 2. The molecule has 2 rings (SSSR count). The van der Waals surface area contributed by atoms with E-state index in [1.165, 1.54) is 38.9 Å². The van der Waals surface area contributed by atoms with Crippen LogP contribution in [0, 0.1) is 11.3 Å². The van der Waals surface area contributed by atoms with Crippen molar-refractivity contribution in [1.82, 2.24) is 9.80 Å². The molecule has 0 aromatic heterocycles. The molecule has 1 spiro atoms. The van der Waals surface area contributed by atoms with E-state index in [9.17, 15) is 5.11 Å². The Bertz CT molecular complexity index is 257. The Balaban J connectivity index is 1.95. The molecule has 0 amide bonds. The molecular formula is C14H28N2O. The van der Waals surface area contributed by atoms with Gasteiger partial charge in [0.2, 0.25) is 0 Å². The van der Waals surface area contributed by atoms with E-state index in [4.69, 9.17) is 0 Å². The fourth-order valence-electron chi connectivity index (χ4n) is 3.53. The van der Waals surface area contributed by atoms with E-state index in [1.807, 2.05) is 0 Å². The fourth-order valence-corrected chi connectivity index (χ4v) is 3.53. The molecule has 2 saturated heterocycles. The fraction of sp³-hybridized carbons (Fsp3) is 1.00. The summed E-state index contributed by atoms with van der Waals surface area (Å²) in [4.78, 5) is 4.87. The van der Waals surface area contributed by atoms with Crippen molar-refractivity contribution in [3.8, 4) is 0 Å². The number of aliphatic hydroxyl groups excluding tert-OH is 1. The van der Waals surface area contributed by atoms with Crippen LogP contribution < -0.4 is 0 Å². The molecule has 0 saturated carbocycles. The Kier molecular flexibility index (Phi) is 4.11. The second kappa shape index (κ2) is 5.25. The van der Waals surface area contributed by atoms with Gasteiger partial charge in [-0.3, -0.25) is 4.90 Å². The number of hydrogen-bond acceptors (Lipinski definition) is 3. The third-order valence-electron chi connectivity index (χ3n) is 4.63. The minimum absolute atomic E-state index is 0.244. The van der Waals surface area contributed by atoms with Gasteiger partial charge in [-0.15, -0.1) is 0 Å². The van der Waals surface area contributed by atoms with Gasteiger partial charge in [-0.2, -0.15) is 0 Å². The Labute approximate surface area is 106 Å². The Morgan fingerprint density at radius 3 is 2.59 bits per heavy atom. The van der Waals surface area contributed by atoms with Crippen molar-refractivity contribution in [2.45, 2.75) is 46.3 Å². The molecule has 2 heterocycles. The summed E-state index contributed by atoms with van der Waals surface area (Å²) in [6, 6.07) is 0. The third kappa shape index (κ3) is 2.83. The highest BCUT2D eigenvalue weighted by Crippen LogP contribution is 2.39. The molecule has 0 aromatic rings. The van der Waals surface area contributed by atoms with E-state index >= 15 is 0 Å². The van der Waals surface area contributed by atoms with Gasteiger partial charge in [0, 0.05) is 19.6 Å². The first-order valence-corrected chi connectivity index (χ1v) is 7.21. The summed E-state index contributed by atoms with van der Waals surface area (Å²) in [5.41, 5.74) is 0.476. The average molecular weight is 240 g/mol. The number of aliphatic hydroxyl groups is 1. The molecule has 1 N–H and O–H groups in total. The number of hydrogen-bond donors (Lipinski definition) is 1. The van der Waals surface area contributed by atoms with Gasteiger partial charge in [0.25, 0.3) is 0 Å². The van der Waals surface area contributed by atoms with Gasteiger partial charge in [0.05, 0.1) is 0 Å². The number of nitrogens with zero attached hydrogens (tertiary/aromatic N) is 2. The summed E-state index contributed by atoms with van der Waals surface area (Å²) in [5.74, 6) is 0.344. The molecule has 2 fully saturated rings. The lowest BCUT2D eigenvalue weighted by molar-refractivity contribution is -0.0270. The zero-order chi connectivity index (χ0) is 12.5. The zero-order valence-corrected chi connectivity index (χ0v) is 11.7. The van der Waals surface area contributed by atoms with Crippen molar-refractivity contribution in [2.75, 3.05) is 32.7 Å². The topological polar surface area (TPSA) is 26.7 Å². The summed E-state index contributed by atoms with van der Waals surface area (Å²) in [6.07, 6.45) is 3.71. The average Bonchev–Trinajstić information content (AvgIpc) is 2.71. The van der Waals surface area contributed by atoms with E-state index in [2.05, 4.69) is 30.6 Å². The van der Waals surface area contributed by atoms with E-state index in [-0.39, 0.29) is 6.23 Å². The van der Waals surface area contributed by atoms with Gasteiger partial charge < -0.3 is 10.0 Å². The summed E-state index contributed by atoms with van der Waals surface area (Å²) >= 11 is 0. The van der Waals surface area contributed by atoms with Crippen molar-refractivity contribution in [2.24, 2.45) is 11.3 Å². The molecular weight excluding hydrogens is 212 g/mol. The van der Waals surface area contributed by atoms with Crippen molar-refractivity contribution in [3.05, 3.63) is 0 Å². The Morgan fingerprint density at radius 1 is 1.18 bits per heavy atom. The van der Waals surface area contributed by atoms with E-state index in [1.54, 1.807) is 0 Å². The van der Waals surface area contributed by atoms with Crippen LogP contribution in [0.25, 0.3) is 0 Å². The zero-order valence-electron chi connectivity index (χ0n) is 11.7. The maximum Gasteiger partial charge on any atom is 0.109 e. The first kappa shape index (κ1) is 13.3. The van der Waals surface area contributed by atoms with Crippen molar-refractivity contribution in [3.63, 3.8) is 0 Å². The Morgan fingerprint density at radius 2 is 1.94 bits per heavy atom. The molecule has 2 aliphatic heterocycles. The van der Waals surface area contributed by atoms with Gasteiger partial charge in [0.1, 0.15) is 6.23 Å².